The maximum Gasteiger partial charge on any atom is 0.328 e. The Morgan fingerprint density at radius 2 is 1.22 bits per heavy atom. The lowest BCUT2D eigenvalue weighted by atomic mass is 10.1. The summed E-state index contributed by atoms with van der Waals surface area (Å²) in [6.07, 6.45) is 0.441. The Balaban J connectivity index is 0.000000289. The summed E-state index contributed by atoms with van der Waals surface area (Å²) in [7, 11) is 0. The zero-order chi connectivity index (χ0) is 33.4. The monoisotopic (exact) mass is 1060 g/mol. The van der Waals surface area contributed by atoms with Crippen LogP contribution in [0.5, 0.6) is 17.2 Å². The van der Waals surface area contributed by atoms with Crippen molar-refractivity contribution in [3.63, 3.8) is 0 Å². The van der Waals surface area contributed by atoms with E-state index in [1.165, 1.54) is 0 Å². The summed E-state index contributed by atoms with van der Waals surface area (Å²) in [4.78, 5) is 34.8. The molecule has 0 radical (unpaired) electrons. The van der Waals surface area contributed by atoms with Crippen LogP contribution < -0.4 is 26.7 Å². The summed E-state index contributed by atoms with van der Waals surface area (Å²) >= 11 is 8.10. The van der Waals surface area contributed by atoms with Gasteiger partial charge in [0, 0.05) is 0 Å². The highest BCUT2D eigenvalue weighted by molar-refractivity contribution is 14.1. The van der Waals surface area contributed by atoms with E-state index in [1.54, 1.807) is 37.3 Å². The van der Waals surface area contributed by atoms with Crippen LogP contribution in [0.3, 0.4) is 0 Å². The molecule has 0 heterocycles. The molecule has 238 valence electrons. The third kappa shape index (κ3) is 11.1. The predicted octanol–water partition coefficient (Wildman–Crippen LogP) is 5.33. The van der Waals surface area contributed by atoms with Crippen LogP contribution in [0.25, 0.3) is 10.8 Å². The molecule has 0 aliphatic rings. The minimum Gasteiger partial charge on any atom is -0.506 e. The Kier molecular flexibility index (Phi) is 14.5. The lowest BCUT2D eigenvalue weighted by molar-refractivity contribution is -0.138. The summed E-state index contributed by atoms with van der Waals surface area (Å²) in [6, 6.07) is 18.0. The van der Waals surface area contributed by atoms with Gasteiger partial charge in [-0.05, 0) is 168 Å². The molecular formula is C31H29I4N3O7. The van der Waals surface area contributed by atoms with E-state index >= 15 is 0 Å². The molecular weight excluding hydrogens is 1030 g/mol. The molecule has 0 aliphatic heterocycles. The molecule has 4 aromatic carbocycles. The molecule has 0 fully saturated rings. The van der Waals surface area contributed by atoms with Crippen molar-refractivity contribution >= 4 is 119 Å². The highest BCUT2D eigenvalue weighted by atomic mass is 127. The van der Waals surface area contributed by atoms with E-state index in [4.69, 9.17) is 31.8 Å². The lowest BCUT2D eigenvalue weighted by Gasteiger charge is -2.16. The van der Waals surface area contributed by atoms with Crippen LogP contribution in [0, 0.1) is 14.3 Å². The number of aromatic hydroxyl groups is 1. The van der Waals surface area contributed by atoms with E-state index in [9.17, 15) is 19.5 Å². The number of ether oxygens (including phenoxy) is 2. The van der Waals surface area contributed by atoms with Crippen LogP contribution >= 0.6 is 90.4 Å². The van der Waals surface area contributed by atoms with Gasteiger partial charge >= 0.3 is 17.9 Å². The smallest absolute Gasteiger partial charge is 0.328 e. The molecule has 0 unspecified atom stereocenters. The van der Waals surface area contributed by atoms with Gasteiger partial charge in [0.05, 0.1) is 14.3 Å². The van der Waals surface area contributed by atoms with E-state index in [1.807, 2.05) is 127 Å². The minimum absolute atomic E-state index is 0.174. The number of carbonyl (C=O) groups excluding carboxylic acids is 2. The van der Waals surface area contributed by atoms with Gasteiger partial charge in [-0.25, -0.2) is 9.59 Å². The molecule has 3 atom stereocenters. The van der Waals surface area contributed by atoms with Crippen LogP contribution in [-0.4, -0.2) is 46.2 Å². The van der Waals surface area contributed by atoms with Crippen molar-refractivity contribution in [2.24, 2.45) is 17.2 Å². The molecule has 4 rings (SSSR count). The Labute approximate surface area is 314 Å². The molecule has 45 heavy (non-hydrogen) atoms. The van der Waals surface area contributed by atoms with E-state index in [0.29, 0.717) is 25.8 Å². The van der Waals surface area contributed by atoms with Crippen LogP contribution in [0.2, 0.25) is 0 Å². The van der Waals surface area contributed by atoms with Crippen LogP contribution in [0.1, 0.15) is 18.1 Å². The predicted molar refractivity (Wildman–Crippen MR) is 205 cm³/mol. The number of fused-ring (bicyclic) bond motifs is 1. The second-order valence-electron chi connectivity index (χ2n) is 9.90. The van der Waals surface area contributed by atoms with Gasteiger partial charge in [0.1, 0.15) is 29.6 Å². The number of nitrogens with two attached hydrogens (primary N) is 3. The number of hydrogen-bond acceptors (Lipinski definition) is 9. The fourth-order valence-corrected chi connectivity index (χ4v) is 7.87. The third-order valence-electron chi connectivity index (χ3n) is 6.18. The molecule has 0 aliphatic carbocycles. The first kappa shape index (κ1) is 37.6. The van der Waals surface area contributed by atoms with E-state index in [-0.39, 0.29) is 18.6 Å². The summed E-state index contributed by atoms with van der Waals surface area (Å²) < 4.78 is 13.3. The average molecular weight is 1060 g/mol. The standard InChI is InChI=1S/C18H16I4N2O5.C13H13NO2/c19-9-1-7(2-10(20)15(9)25)6-14(24)18(28)29-16-11(21)3-8(4-12(16)22)5-13(23)17(26)27;1-9(14)13(15)16-12-7-6-10-4-2-3-5-11(10)8-12/h1-4,13-14,25H,5-6,23-24H2,(H,26,27);2-9H,14H2,1H3/t13-,14-;9-/m00/s1. The number of aliphatic carboxylic acids is 1. The van der Waals surface area contributed by atoms with Gasteiger partial charge in [-0.3, -0.25) is 4.79 Å². The number of carbonyl (C=O) groups is 3. The SMILES string of the molecule is C[C@H](N)C(=O)Oc1ccc2ccccc2c1.N[C@@H](Cc1cc(I)c(OC(=O)[C@@H](N)Cc2cc(I)c(O)c(I)c2)c(I)c1)C(=O)O. The van der Waals surface area contributed by atoms with Gasteiger partial charge in [0.25, 0.3) is 0 Å². The van der Waals surface area contributed by atoms with Gasteiger partial charge in [-0.15, -0.1) is 0 Å². The number of esters is 2. The number of carboxylic acid groups (broad SMARTS) is 1. The molecule has 0 saturated heterocycles. The van der Waals surface area contributed by atoms with Gasteiger partial charge in [0.15, 0.2) is 5.75 Å². The van der Waals surface area contributed by atoms with Crippen molar-refractivity contribution in [2.75, 3.05) is 0 Å². The Morgan fingerprint density at radius 3 is 1.76 bits per heavy atom. The molecule has 0 saturated carbocycles. The quantitative estimate of drug-likeness (QED) is 0.0833. The largest absolute Gasteiger partial charge is 0.506 e. The Morgan fingerprint density at radius 1 is 0.711 bits per heavy atom. The van der Waals surface area contributed by atoms with Crippen molar-refractivity contribution < 1.29 is 34.1 Å². The molecule has 8 N–H and O–H groups in total. The highest BCUT2D eigenvalue weighted by Crippen LogP contribution is 2.31. The van der Waals surface area contributed by atoms with Crippen molar-refractivity contribution in [3.05, 3.63) is 92.1 Å². The zero-order valence-electron chi connectivity index (χ0n) is 23.7. The number of rotatable bonds is 9. The number of benzene rings is 4. The number of hydrogen-bond donors (Lipinski definition) is 5. The highest BCUT2D eigenvalue weighted by Gasteiger charge is 2.22. The second-order valence-corrected chi connectivity index (χ2v) is 14.5. The average Bonchev–Trinajstić information content (AvgIpc) is 2.97. The molecule has 10 nitrogen and oxygen atoms in total. The Hall–Kier alpha value is -1.85. The van der Waals surface area contributed by atoms with E-state index in [2.05, 4.69) is 0 Å². The molecule has 0 amide bonds. The normalized spacial score (nSPS) is 12.8. The third-order valence-corrected chi connectivity index (χ3v) is 9.43. The molecule has 0 aromatic heterocycles. The van der Waals surface area contributed by atoms with Gasteiger partial charge in [-0.2, -0.15) is 0 Å². The molecule has 0 spiro atoms. The van der Waals surface area contributed by atoms with Crippen LogP contribution in [0.15, 0.2) is 66.7 Å². The second kappa shape index (κ2) is 17.3. The first-order valence-electron chi connectivity index (χ1n) is 13.2. The topological polar surface area (TPSA) is 188 Å². The van der Waals surface area contributed by atoms with Gasteiger partial charge in [0.2, 0.25) is 0 Å². The number of halogens is 4. The Bertz CT molecular complexity index is 1670. The first-order valence-corrected chi connectivity index (χ1v) is 17.5. The first-order chi connectivity index (χ1) is 21.2. The maximum absolute atomic E-state index is 12.5. The summed E-state index contributed by atoms with van der Waals surface area (Å²) in [5.74, 6) is -0.952. The van der Waals surface area contributed by atoms with Crippen molar-refractivity contribution in [1.29, 1.82) is 0 Å². The van der Waals surface area contributed by atoms with Crippen LogP contribution in [0.4, 0.5) is 0 Å². The molecule has 0 bridgehead atoms. The lowest BCUT2D eigenvalue weighted by Crippen LogP contribution is -2.36. The van der Waals surface area contributed by atoms with Gasteiger partial charge in [-0.1, -0.05) is 30.3 Å². The van der Waals surface area contributed by atoms with Crippen molar-refractivity contribution in [2.45, 2.75) is 37.9 Å². The van der Waals surface area contributed by atoms with E-state index in [0.717, 1.165) is 21.9 Å². The molecule has 4 aromatic rings. The van der Waals surface area contributed by atoms with E-state index < -0.39 is 36.0 Å². The van der Waals surface area contributed by atoms with Gasteiger partial charge < -0.3 is 36.9 Å². The minimum atomic E-state index is -1.07. The fraction of sp³-hybridized carbons (Fsp3) is 0.194. The number of phenols is 1. The molecule has 14 heteroatoms. The van der Waals surface area contributed by atoms with Crippen LogP contribution in [-0.2, 0) is 27.2 Å². The van der Waals surface area contributed by atoms with Crippen molar-refractivity contribution in [1.82, 2.24) is 0 Å². The summed E-state index contributed by atoms with van der Waals surface area (Å²) in [5, 5.41) is 21.0. The maximum atomic E-state index is 12.5. The number of carboxylic acids is 1. The van der Waals surface area contributed by atoms with Crippen molar-refractivity contribution in [3.8, 4) is 17.2 Å². The zero-order valence-corrected chi connectivity index (χ0v) is 32.3. The fourth-order valence-electron chi connectivity index (χ4n) is 3.86. The number of phenolic OH excluding ortho intramolecular Hbond substituents is 1. The summed E-state index contributed by atoms with van der Waals surface area (Å²) in [5.41, 5.74) is 18.6. The summed E-state index contributed by atoms with van der Waals surface area (Å²) in [6.45, 7) is 1.60.